The lowest BCUT2D eigenvalue weighted by Crippen LogP contribution is -2.51. The highest BCUT2D eigenvalue weighted by molar-refractivity contribution is 5.70. The van der Waals surface area contributed by atoms with Crippen molar-refractivity contribution in [3.05, 3.63) is 108 Å². The molecule has 0 atom stereocenters. The summed E-state index contributed by atoms with van der Waals surface area (Å²) in [6.07, 6.45) is 0.442. The highest BCUT2D eigenvalue weighted by atomic mass is 16.6. The lowest BCUT2D eigenvalue weighted by molar-refractivity contribution is -0.109. The zero-order valence-electron chi connectivity index (χ0n) is 17.9. The quantitative estimate of drug-likeness (QED) is 0.357. The van der Waals surface area contributed by atoms with Gasteiger partial charge in [-0.1, -0.05) is 91.0 Å². The van der Waals surface area contributed by atoms with E-state index in [1.807, 2.05) is 91.0 Å². The maximum Gasteiger partial charge on any atom is 0.424 e. The highest BCUT2D eigenvalue weighted by Crippen LogP contribution is 2.35. The predicted molar refractivity (Wildman–Crippen MR) is 123 cm³/mol. The van der Waals surface area contributed by atoms with Crippen LogP contribution in [0.2, 0.25) is 0 Å². The van der Waals surface area contributed by atoms with Gasteiger partial charge in [0.15, 0.2) is 0 Å². The first kappa shape index (κ1) is 23.2. The molecule has 0 radical (unpaired) electrons. The van der Waals surface area contributed by atoms with E-state index >= 15 is 0 Å². The van der Waals surface area contributed by atoms with Crippen LogP contribution in [0.3, 0.4) is 0 Å². The number of benzene rings is 3. The standard InChI is InChI=1S/C26H28N2O4/c29-18-16-26(23-12-6-2-7-13-23,24-14-8-3-9-15-24)21-27-28(17-19-30)25(31)32-20-22-10-4-1-5-11-22/h1-15,19,27,29H,16-18,20-21H2. The van der Waals surface area contributed by atoms with Gasteiger partial charge in [0.25, 0.3) is 0 Å². The molecule has 6 heteroatoms. The monoisotopic (exact) mass is 432 g/mol. The first-order valence-electron chi connectivity index (χ1n) is 10.6. The Morgan fingerprint density at radius 2 is 1.44 bits per heavy atom. The second kappa shape index (κ2) is 11.8. The summed E-state index contributed by atoms with van der Waals surface area (Å²) in [5.74, 6) is 0. The number of aliphatic hydroxyl groups is 1. The molecule has 0 saturated carbocycles. The third-order valence-corrected chi connectivity index (χ3v) is 5.45. The number of aliphatic hydroxyl groups excluding tert-OH is 1. The van der Waals surface area contributed by atoms with Crippen molar-refractivity contribution in [2.75, 3.05) is 19.7 Å². The van der Waals surface area contributed by atoms with Gasteiger partial charge in [-0.3, -0.25) is 0 Å². The van der Waals surface area contributed by atoms with E-state index in [4.69, 9.17) is 4.74 Å². The minimum atomic E-state index is -0.639. The summed E-state index contributed by atoms with van der Waals surface area (Å²) in [5, 5.41) is 11.1. The fourth-order valence-corrected chi connectivity index (χ4v) is 3.76. The molecule has 0 spiro atoms. The third-order valence-electron chi connectivity index (χ3n) is 5.45. The Bertz CT molecular complexity index is 925. The van der Waals surface area contributed by atoms with Crippen LogP contribution in [0.5, 0.6) is 0 Å². The minimum Gasteiger partial charge on any atom is -0.444 e. The molecule has 32 heavy (non-hydrogen) atoms. The Hall–Kier alpha value is -3.48. The number of nitrogens with zero attached hydrogens (tertiary/aromatic N) is 1. The summed E-state index contributed by atoms with van der Waals surface area (Å²) < 4.78 is 5.40. The molecule has 3 aromatic carbocycles. The zero-order chi connectivity index (χ0) is 22.7. The van der Waals surface area contributed by atoms with Crippen molar-refractivity contribution in [1.29, 1.82) is 0 Å². The van der Waals surface area contributed by atoms with Gasteiger partial charge in [0, 0.05) is 18.6 Å². The summed E-state index contributed by atoms with van der Waals surface area (Å²) in [7, 11) is 0. The van der Waals surface area contributed by atoms with Gasteiger partial charge >= 0.3 is 6.09 Å². The van der Waals surface area contributed by atoms with Crippen LogP contribution in [0.25, 0.3) is 0 Å². The topological polar surface area (TPSA) is 78.9 Å². The first-order valence-corrected chi connectivity index (χ1v) is 10.6. The second-order valence-electron chi connectivity index (χ2n) is 7.44. The number of nitrogens with one attached hydrogen (secondary N) is 1. The summed E-state index contributed by atoms with van der Waals surface area (Å²) in [4.78, 5) is 23.9. The van der Waals surface area contributed by atoms with Gasteiger partial charge in [-0.2, -0.15) is 0 Å². The SMILES string of the molecule is O=CCN(NCC(CCO)(c1ccccc1)c1ccccc1)C(=O)OCc1ccccc1. The summed E-state index contributed by atoms with van der Waals surface area (Å²) in [6.45, 7) is 0.190. The maximum absolute atomic E-state index is 12.7. The van der Waals surface area contributed by atoms with E-state index in [1.165, 1.54) is 5.01 Å². The Kier molecular flexibility index (Phi) is 8.54. The third kappa shape index (κ3) is 5.81. The predicted octanol–water partition coefficient (Wildman–Crippen LogP) is 3.70. The Balaban J connectivity index is 1.82. The van der Waals surface area contributed by atoms with Crippen molar-refractivity contribution in [3.8, 4) is 0 Å². The number of hydrazine groups is 1. The van der Waals surface area contributed by atoms with Crippen molar-refractivity contribution in [3.63, 3.8) is 0 Å². The fourth-order valence-electron chi connectivity index (χ4n) is 3.76. The van der Waals surface area contributed by atoms with E-state index in [0.717, 1.165) is 16.7 Å². The average Bonchev–Trinajstić information content (AvgIpc) is 2.86. The zero-order valence-corrected chi connectivity index (χ0v) is 17.9. The minimum absolute atomic E-state index is 0.0440. The van der Waals surface area contributed by atoms with E-state index in [0.29, 0.717) is 12.7 Å². The van der Waals surface area contributed by atoms with Crippen LogP contribution >= 0.6 is 0 Å². The molecule has 166 valence electrons. The molecule has 0 unspecified atom stereocenters. The van der Waals surface area contributed by atoms with Crippen LogP contribution in [-0.2, 0) is 21.6 Å². The number of carbonyl (C=O) groups is 2. The lowest BCUT2D eigenvalue weighted by atomic mass is 9.72. The Morgan fingerprint density at radius 1 is 0.906 bits per heavy atom. The van der Waals surface area contributed by atoms with Crippen molar-refractivity contribution in [2.45, 2.75) is 18.4 Å². The van der Waals surface area contributed by atoms with E-state index < -0.39 is 11.5 Å². The molecule has 0 bridgehead atoms. The molecule has 3 rings (SSSR count). The summed E-state index contributed by atoms with van der Waals surface area (Å²) in [6, 6.07) is 29.0. The number of rotatable bonds is 11. The molecule has 2 N–H and O–H groups in total. The number of amides is 1. The highest BCUT2D eigenvalue weighted by Gasteiger charge is 2.34. The van der Waals surface area contributed by atoms with E-state index in [9.17, 15) is 14.7 Å². The van der Waals surface area contributed by atoms with Crippen LogP contribution in [0, 0.1) is 0 Å². The van der Waals surface area contributed by atoms with Crippen LogP contribution in [0.15, 0.2) is 91.0 Å². The number of carbonyl (C=O) groups excluding carboxylic acids is 2. The van der Waals surface area contributed by atoms with E-state index in [-0.39, 0.29) is 26.3 Å². The largest absolute Gasteiger partial charge is 0.444 e. The molecule has 6 nitrogen and oxygen atoms in total. The molecule has 0 saturated heterocycles. The molecule has 3 aromatic rings. The molecule has 0 aliphatic rings. The molecule has 0 aliphatic heterocycles. The Morgan fingerprint density at radius 3 is 1.94 bits per heavy atom. The van der Waals surface area contributed by atoms with Gasteiger partial charge in [0.1, 0.15) is 12.9 Å². The van der Waals surface area contributed by atoms with E-state index in [2.05, 4.69) is 5.43 Å². The molecule has 0 heterocycles. The van der Waals surface area contributed by atoms with Crippen LogP contribution < -0.4 is 5.43 Å². The molecule has 0 fully saturated rings. The van der Waals surface area contributed by atoms with Gasteiger partial charge in [-0.05, 0) is 23.1 Å². The lowest BCUT2D eigenvalue weighted by Gasteiger charge is -2.36. The molecule has 1 amide bonds. The number of aldehydes is 1. The first-order chi connectivity index (χ1) is 15.7. The average molecular weight is 433 g/mol. The normalized spacial score (nSPS) is 11.0. The fraction of sp³-hybridized carbons (Fsp3) is 0.231. The molecular formula is C26H28N2O4. The van der Waals surface area contributed by atoms with Crippen molar-refractivity contribution in [1.82, 2.24) is 10.4 Å². The van der Waals surface area contributed by atoms with Crippen LogP contribution in [0.4, 0.5) is 4.79 Å². The van der Waals surface area contributed by atoms with Gasteiger partial charge in [-0.25, -0.2) is 15.2 Å². The number of ether oxygens (including phenoxy) is 1. The van der Waals surface area contributed by atoms with Gasteiger partial charge in [0.05, 0.1) is 6.54 Å². The molecular weight excluding hydrogens is 404 g/mol. The second-order valence-corrected chi connectivity index (χ2v) is 7.44. The summed E-state index contributed by atoms with van der Waals surface area (Å²) in [5.41, 5.74) is 5.33. The summed E-state index contributed by atoms with van der Waals surface area (Å²) >= 11 is 0. The van der Waals surface area contributed by atoms with E-state index in [1.54, 1.807) is 0 Å². The molecule has 0 aliphatic carbocycles. The number of hydrogen-bond donors (Lipinski definition) is 2. The van der Waals surface area contributed by atoms with Crippen LogP contribution in [0.1, 0.15) is 23.1 Å². The van der Waals surface area contributed by atoms with Gasteiger partial charge in [-0.15, -0.1) is 0 Å². The smallest absolute Gasteiger partial charge is 0.424 e. The van der Waals surface area contributed by atoms with Crippen molar-refractivity contribution >= 4 is 12.4 Å². The van der Waals surface area contributed by atoms with Crippen molar-refractivity contribution in [2.24, 2.45) is 0 Å². The number of hydrogen-bond acceptors (Lipinski definition) is 5. The Labute approximate surface area is 188 Å². The van der Waals surface area contributed by atoms with Gasteiger partial charge in [0.2, 0.25) is 0 Å². The van der Waals surface area contributed by atoms with Crippen LogP contribution in [-0.4, -0.2) is 42.2 Å². The maximum atomic E-state index is 12.7. The van der Waals surface area contributed by atoms with Crippen molar-refractivity contribution < 1.29 is 19.4 Å². The molecule has 0 aromatic heterocycles. The van der Waals surface area contributed by atoms with Gasteiger partial charge < -0.3 is 14.6 Å².